The Hall–Kier alpha value is -0.910. The monoisotopic (exact) mass is 528 g/mol. The molecular formula is C33H52O5. The molecule has 0 aromatic carbocycles. The molecule has 214 valence electrons. The molecule has 38 heavy (non-hydrogen) atoms. The Kier molecular flexibility index (Phi) is 5.51. The van der Waals surface area contributed by atoms with Gasteiger partial charge < -0.3 is 19.7 Å². The summed E-state index contributed by atoms with van der Waals surface area (Å²) < 4.78 is 13.1. The van der Waals surface area contributed by atoms with Crippen molar-refractivity contribution in [1.29, 1.82) is 0 Å². The van der Waals surface area contributed by atoms with E-state index in [1.54, 1.807) is 0 Å². The molecule has 1 heterocycles. The van der Waals surface area contributed by atoms with Gasteiger partial charge in [-0.3, -0.25) is 4.79 Å². The van der Waals surface area contributed by atoms with Crippen molar-refractivity contribution in [2.24, 2.45) is 50.7 Å². The van der Waals surface area contributed by atoms with Crippen LogP contribution >= 0.6 is 0 Å². The maximum Gasteiger partial charge on any atom is 0.310 e. The van der Waals surface area contributed by atoms with Gasteiger partial charge in [-0.1, -0.05) is 53.2 Å². The molecule has 6 aliphatic rings. The Morgan fingerprint density at radius 1 is 0.921 bits per heavy atom. The van der Waals surface area contributed by atoms with Crippen molar-refractivity contribution in [3.05, 3.63) is 11.6 Å². The number of allylic oxidation sites excluding steroid dienone is 1. The van der Waals surface area contributed by atoms with Gasteiger partial charge in [0.1, 0.15) is 0 Å². The van der Waals surface area contributed by atoms with Gasteiger partial charge in [-0.25, -0.2) is 0 Å². The highest BCUT2D eigenvalue weighted by molar-refractivity contribution is 5.77. The Balaban J connectivity index is 1.46. The van der Waals surface area contributed by atoms with Crippen LogP contribution in [0.2, 0.25) is 0 Å². The second-order valence-electron chi connectivity index (χ2n) is 16.5. The molecule has 5 fully saturated rings. The van der Waals surface area contributed by atoms with E-state index >= 15 is 0 Å². The zero-order valence-electron chi connectivity index (χ0n) is 25.3. The van der Waals surface area contributed by atoms with Gasteiger partial charge in [0.15, 0.2) is 5.79 Å². The lowest BCUT2D eigenvalue weighted by Gasteiger charge is -2.72. The molecule has 2 N–H and O–H groups in total. The first-order chi connectivity index (χ1) is 17.4. The summed E-state index contributed by atoms with van der Waals surface area (Å²) in [6, 6.07) is 0. The average molecular weight is 529 g/mol. The molecule has 6 rings (SSSR count). The van der Waals surface area contributed by atoms with Crippen molar-refractivity contribution in [3.63, 3.8) is 0 Å². The van der Waals surface area contributed by atoms with Crippen LogP contribution in [0.25, 0.3) is 0 Å². The Morgan fingerprint density at radius 3 is 2.26 bits per heavy atom. The fourth-order valence-electron chi connectivity index (χ4n) is 12.0. The minimum Gasteiger partial charge on any atom is -0.481 e. The summed E-state index contributed by atoms with van der Waals surface area (Å²) in [6.07, 6.45) is 9.93. The average Bonchev–Trinajstić information content (AvgIpc) is 3.11. The van der Waals surface area contributed by atoms with Crippen LogP contribution in [-0.2, 0) is 14.3 Å². The molecule has 0 radical (unpaired) electrons. The molecule has 4 saturated carbocycles. The van der Waals surface area contributed by atoms with Crippen LogP contribution in [0.4, 0.5) is 0 Å². The van der Waals surface area contributed by atoms with Crippen LogP contribution in [0.1, 0.15) is 114 Å². The zero-order valence-corrected chi connectivity index (χ0v) is 25.3. The lowest BCUT2D eigenvalue weighted by Crippen LogP contribution is -2.68. The van der Waals surface area contributed by atoms with E-state index in [4.69, 9.17) is 9.47 Å². The van der Waals surface area contributed by atoms with Crippen LogP contribution in [0.3, 0.4) is 0 Å². The largest absolute Gasteiger partial charge is 0.481 e. The highest BCUT2D eigenvalue weighted by Gasteiger charge is 2.72. The predicted molar refractivity (Wildman–Crippen MR) is 147 cm³/mol. The number of carboxylic acids is 1. The van der Waals surface area contributed by atoms with E-state index in [1.807, 2.05) is 6.92 Å². The van der Waals surface area contributed by atoms with E-state index in [1.165, 1.54) is 5.57 Å². The fourth-order valence-corrected chi connectivity index (χ4v) is 12.0. The second-order valence-corrected chi connectivity index (χ2v) is 16.5. The van der Waals surface area contributed by atoms with Crippen molar-refractivity contribution in [1.82, 2.24) is 0 Å². The van der Waals surface area contributed by atoms with E-state index in [9.17, 15) is 15.0 Å². The van der Waals surface area contributed by atoms with Crippen LogP contribution < -0.4 is 0 Å². The summed E-state index contributed by atoms with van der Waals surface area (Å²) in [4.78, 5) is 13.0. The predicted octanol–water partition coefficient (Wildman–Crippen LogP) is 6.97. The minimum absolute atomic E-state index is 0.0190. The molecule has 5 nitrogen and oxygen atoms in total. The van der Waals surface area contributed by atoms with Gasteiger partial charge in [-0.2, -0.15) is 0 Å². The Bertz CT molecular complexity index is 1070. The van der Waals surface area contributed by atoms with Gasteiger partial charge in [0.05, 0.1) is 23.2 Å². The lowest BCUT2D eigenvalue weighted by molar-refractivity contribution is -0.222. The van der Waals surface area contributed by atoms with Crippen LogP contribution in [0.15, 0.2) is 11.6 Å². The van der Waals surface area contributed by atoms with E-state index in [0.29, 0.717) is 24.7 Å². The Morgan fingerprint density at radius 2 is 1.61 bits per heavy atom. The number of ether oxygens (including phenoxy) is 2. The van der Waals surface area contributed by atoms with E-state index in [2.05, 4.69) is 61.5 Å². The van der Waals surface area contributed by atoms with Crippen molar-refractivity contribution in [2.75, 3.05) is 0 Å². The SMILES string of the molecule is CC1CC[C@]2(C(=O)O)CC[C@]3(C)C(=CC[C@H]4[C@@]5(C)CC6OC(C)(C)OC6C(C)(C)[C@H]5CC[C@]43C)[C@H]2[C@]1(C)O. The summed E-state index contributed by atoms with van der Waals surface area (Å²) in [5, 5.41) is 22.6. The van der Waals surface area contributed by atoms with Gasteiger partial charge in [-0.15, -0.1) is 0 Å². The van der Waals surface area contributed by atoms with Crippen LogP contribution in [-0.4, -0.2) is 39.8 Å². The lowest BCUT2D eigenvalue weighted by atomic mass is 9.33. The fraction of sp³-hybridized carbons (Fsp3) is 0.909. The number of carboxylic acid groups (broad SMARTS) is 1. The summed E-state index contributed by atoms with van der Waals surface area (Å²) in [5.41, 5.74) is -0.565. The molecule has 0 bridgehead atoms. The van der Waals surface area contributed by atoms with Crippen LogP contribution in [0, 0.1) is 50.7 Å². The van der Waals surface area contributed by atoms with Crippen molar-refractivity contribution < 1.29 is 24.5 Å². The maximum atomic E-state index is 13.0. The molecule has 11 atom stereocenters. The third-order valence-electron chi connectivity index (χ3n) is 14.2. The molecule has 5 aliphatic carbocycles. The van der Waals surface area contributed by atoms with Gasteiger partial charge in [0.2, 0.25) is 0 Å². The topological polar surface area (TPSA) is 76.0 Å². The normalized spacial score (nSPS) is 56.4. The number of hydrogen-bond donors (Lipinski definition) is 2. The van der Waals surface area contributed by atoms with Crippen molar-refractivity contribution in [2.45, 2.75) is 137 Å². The van der Waals surface area contributed by atoms with Gasteiger partial charge >= 0.3 is 5.97 Å². The van der Waals surface area contributed by atoms with Crippen molar-refractivity contribution >= 4 is 5.97 Å². The molecule has 1 saturated heterocycles. The summed E-state index contributed by atoms with van der Waals surface area (Å²) in [6.45, 7) is 20.5. The third-order valence-corrected chi connectivity index (χ3v) is 14.2. The van der Waals surface area contributed by atoms with Crippen LogP contribution in [0.5, 0.6) is 0 Å². The molecule has 0 amide bonds. The molecule has 0 aromatic heterocycles. The highest BCUT2D eigenvalue weighted by Crippen LogP contribution is 2.76. The zero-order chi connectivity index (χ0) is 27.9. The van der Waals surface area contributed by atoms with E-state index < -0.39 is 22.8 Å². The number of fused-ring (bicyclic) bond motifs is 8. The number of carbonyl (C=O) groups is 1. The van der Waals surface area contributed by atoms with Gasteiger partial charge in [0, 0.05) is 5.92 Å². The molecule has 5 heteroatoms. The standard InChI is InChI=1S/C33H52O5/c1-19-12-15-33(26(34)35)17-16-30(7)20(24(33)32(19,9)36)10-11-23-29(6)18-21-25(38-28(4,5)37-21)27(2,3)22(29)13-14-31(23,30)8/h10,19,21-25,36H,11-18H2,1-9H3,(H,34,35)/t19?,21?,22-,23+,24+,25?,29+,30-,31-,32-,33+/m1/s1. The summed E-state index contributed by atoms with van der Waals surface area (Å²) in [5.74, 6) is -0.457. The first kappa shape index (κ1) is 27.3. The quantitative estimate of drug-likeness (QED) is 0.359. The molecule has 0 aromatic rings. The van der Waals surface area contributed by atoms with Crippen molar-refractivity contribution in [3.8, 4) is 0 Å². The van der Waals surface area contributed by atoms with E-state index in [-0.39, 0.29) is 45.7 Å². The van der Waals surface area contributed by atoms with E-state index in [0.717, 1.165) is 38.5 Å². The summed E-state index contributed by atoms with van der Waals surface area (Å²) >= 11 is 0. The number of rotatable bonds is 1. The molecule has 0 spiro atoms. The Labute approximate surface area is 230 Å². The second kappa shape index (κ2) is 7.68. The summed E-state index contributed by atoms with van der Waals surface area (Å²) in [7, 11) is 0. The minimum atomic E-state index is -1.02. The number of hydrogen-bond acceptors (Lipinski definition) is 4. The third kappa shape index (κ3) is 3.08. The number of aliphatic hydroxyl groups is 1. The number of aliphatic carboxylic acids is 1. The van der Waals surface area contributed by atoms with Gasteiger partial charge in [0.25, 0.3) is 0 Å². The molecule has 1 aliphatic heterocycles. The first-order valence-electron chi connectivity index (χ1n) is 15.4. The highest BCUT2D eigenvalue weighted by atomic mass is 16.8. The first-order valence-corrected chi connectivity index (χ1v) is 15.4. The maximum absolute atomic E-state index is 13.0. The molecular weight excluding hydrogens is 476 g/mol. The smallest absolute Gasteiger partial charge is 0.310 e. The molecule has 3 unspecified atom stereocenters. The van der Waals surface area contributed by atoms with Gasteiger partial charge in [-0.05, 0) is 112 Å².